The summed E-state index contributed by atoms with van der Waals surface area (Å²) >= 11 is 0. The first-order valence-electron chi connectivity index (χ1n) is 7.15. The van der Waals surface area contributed by atoms with Crippen LogP contribution in [0.25, 0.3) is 0 Å². The molecule has 0 aliphatic carbocycles. The van der Waals surface area contributed by atoms with E-state index in [4.69, 9.17) is 0 Å². The summed E-state index contributed by atoms with van der Waals surface area (Å²) in [6.45, 7) is 8.17. The van der Waals surface area contributed by atoms with Gasteiger partial charge in [-0.3, -0.25) is 0 Å². The van der Waals surface area contributed by atoms with Gasteiger partial charge in [0.25, 0.3) is 0 Å². The molecular formula is C16H24FNO. The molecule has 1 atom stereocenters. The molecule has 2 rings (SSSR count). The van der Waals surface area contributed by atoms with Crippen LogP contribution in [-0.4, -0.2) is 29.1 Å². The van der Waals surface area contributed by atoms with Crippen LogP contribution < -0.4 is 0 Å². The second kappa shape index (κ2) is 5.59. The van der Waals surface area contributed by atoms with Gasteiger partial charge in [0.05, 0.1) is 5.60 Å². The van der Waals surface area contributed by atoms with E-state index in [9.17, 15) is 9.50 Å². The highest BCUT2D eigenvalue weighted by Gasteiger charge is 2.33. The molecule has 3 heteroatoms. The molecule has 1 saturated heterocycles. The standard InChI is InChI=1S/C16H24FNO/c1-12(2)18-9-4-7-16(19,8-10-18)15-11-14(17)6-5-13(15)3/h5-6,11-12,19H,4,7-10H2,1-3H3. The van der Waals surface area contributed by atoms with Crippen molar-refractivity contribution in [2.24, 2.45) is 0 Å². The molecule has 0 spiro atoms. The molecule has 106 valence electrons. The number of aliphatic hydroxyl groups is 1. The minimum Gasteiger partial charge on any atom is -0.385 e. The largest absolute Gasteiger partial charge is 0.385 e. The van der Waals surface area contributed by atoms with E-state index in [0.717, 1.165) is 30.6 Å². The van der Waals surface area contributed by atoms with E-state index < -0.39 is 5.60 Å². The van der Waals surface area contributed by atoms with E-state index >= 15 is 0 Å². The van der Waals surface area contributed by atoms with E-state index in [2.05, 4.69) is 18.7 Å². The maximum absolute atomic E-state index is 13.5. The Bertz CT molecular complexity index is 446. The summed E-state index contributed by atoms with van der Waals surface area (Å²) in [7, 11) is 0. The highest BCUT2D eigenvalue weighted by molar-refractivity contribution is 5.32. The summed E-state index contributed by atoms with van der Waals surface area (Å²) in [4.78, 5) is 2.38. The number of hydrogen-bond acceptors (Lipinski definition) is 2. The van der Waals surface area contributed by atoms with Crippen LogP contribution in [0.1, 0.15) is 44.2 Å². The normalized spacial score (nSPS) is 25.6. The van der Waals surface area contributed by atoms with Crippen molar-refractivity contribution in [2.45, 2.75) is 51.7 Å². The molecule has 19 heavy (non-hydrogen) atoms. The van der Waals surface area contributed by atoms with Gasteiger partial charge in [-0.1, -0.05) is 6.07 Å². The first-order chi connectivity index (χ1) is 8.92. The Morgan fingerprint density at radius 2 is 2.00 bits per heavy atom. The lowest BCUT2D eigenvalue weighted by molar-refractivity contribution is 0.0195. The number of halogens is 1. The first-order valence-corrected chi connectivity index (χ1v) is 7.15. The molecule has 1 aromatic rings. The van der Waals surface area contributed by atoms with E-state index in [1.807, 2.05) is 6.92 Å². The molecular weight excluding hydrogens is 241 g/mol. The number of aryl methyl sites for hydroxylation is 1. The second-order valence-electron chi connectivity index (χ2n) is 5.97. The molecule has 0 amide bonds. The second-order valence-corrected chi connectivity index (χ2v) is 5.97. The van der Waals surface area contributed by atoms with E-state index in [-0.39, 0.29) is 5.82 Å². The quantitative estimate of drug-likeness (QED) is 0.887. The van der Waals surface area contributed by atoms with Gasteiger partial charge in [0.2, 0.25) is 0 Å². The lowest BCUT2D eigenvalue weighted by Gasteiger charge is -2.30. The van der Waals surface area contributed by atoms with Crippen LogP contribution >= 0.6 is 0 Å². The molecule has 1 aromatic carbocycles. The zero-order chi connectivity index (χ0) is 14.0. The van der Waals surface area contributed by atoms with Crippen LogP contribution in [-0.2, 0) is 5.60 Å². The molecule has 1 heterocycles. The van der Waals surface area contributed by atoms with Crippen molar-refractivity contribution in [3.8, 4) is 0 Å². The Balaban J connectivity index is 2.25. The molecule has 1 fully saturated rings. The Morgan fingerprint density at radius 1 is 1.26 bits per heavy atom. The molecule has 1 unspecified atom stereocenters. The SMILES string of the molecule is Cc1ccc(F)cc1C1(O)CCCN(C(C)C)CC1. The van der Waals surface area contributed by atoms with Gasteiger partial charge in [-0.15, -0.1) is 0 Å². The Labute approximate surface area is 115 Å². The summed E-state index contributed by atoms with van der Waals surface area (Å²) in [6, 6.07) is 5.21. The van der Waals surface area contributed by atoms with Gasteiger partial charge in [0, 0.05) is 12.6 Å². The average Bonchev–Trinajstić information content (AvgIpc) is 2.55. The van der Waals surface area contributed by atoms with Gasteiger partial charge in [0.1, 0.15) is 5.82 Å². The fraction of sp³-hybridized carbons (Fsp3) is 0.625. The highest BCUT2D eigenvalue weighted by Crippen LogP contribution is 2.35. The van der Waals surface area contributed by atoms with Crippen molar-refractivity contribution in [2.75, 3.05) is 13.1 Å². The van der Waals surface area contributed by atoms with Crippen molar-refractivity contribution in [1.82, 2.24) is 4.90 Å². The Kier molecular flexibility index (Phi) is 4.26. The van der Waals surface area contributed by atoms with Crippen LogP contribution in [0.5, 0.6) is 0 Å². The van der Waals surface area contributed by atoms with Gasteiger partial charge in [-0.2, -0.15) is 0 Å². The molecule has 0 radical (unpaired) electrons. The summed E-state index contributed by atoms with van der Waals surface area (Å²) in [6.07, 6.45) is 2.33. The first kappa shape index (κ1) is 14.5. The minimum absolute atomic E-state index is 0.265. The van der Waals surface area contributed by atoms with Gasteiger partial charge < -0.3 is 10.0 Å². The number of benzene rings is 1. The molecule has 2 nitrogen and oxygen atoms in total. The maximum atomic E-state index is 13.5. The van der Waals surface area contributed by atoms with E-state index in [0.29, 0.717) is 18.9 Å². The Hall–Kier alpha value is -0.930. The Morgan fingerprint density at radius 3 is 2.68 bits per heavy atom. The van der Waals surface area contributed by atoms with Gasteiger partial charge in [-0.05, 0) is 69.8 Å². The van der Waals surface area contributed by atoms with Crippen LogP contribution in [0, 0.1) is 12.7 Å². The van der Waals surface area contributed by atoms with Gasteiger partial charge in [0.15, 0.2) is 0 Å². The molecule has 1 N–H and O–H groups in total. The number of rotatable bonds is 2. The number of hydrogen-bond donors (Lipinski definition) is 1. The molecule has 0 saturated carbocycles. The predicted octanol–water partition coefficient (Wildman–Crippen LogP) is 3.22. The molecule has 0 aromatic heterocycles. The highest BCUT2D eigenvalue weighted by atomic mass is 19.1. The van der Waals surface area contributed by atoms with Gasteiger partial charge in [-0.25, -0.2) is 4.39 Å². The van der Waals surface area contributed by atoms with Crippen LogP contribution in [0.3, 0.4) is 0 Å². The van der Waals surface area contributed by atoms with Crippen molar-refractivity contribution in [3.05, 3.63) is 35.1 Å². The molecule has 0 bridgehead atoms. The van der Waals surface area contributed by atoms with Crippen molar-refractivity contribution < 1.29 is 9.50 Å². The lowest BCUT2D eigenvalue weighted by atomic mass is 9.84. The fourth-order valence-electron chi connectivity index (χ4n) is 3.02. The van der Waals surface area contributed by atoms with E-state index in [1.54, 1.807) is 6.07 Å². The lowest BCUT2D eigenvalue weighted by Crippen LogP contribution is -2.33. The van der Waals surface area contributed by atoms with Gasteiger partial charge >= 0.3 is 0 Å². The predicted molar refractivity (Wildman–Crippen MR) is 75.6 cm³/mol. The van der Waals surface area contributed by atoms with Crippen molar-refractivity contribution >= 4 is 0 Å². The van der Waals surface area contributed by atoms with Crippen LogP contribution in [0.4, 0.5) is 4.39 Å². The number of nitrogens with zero attached hydrogens (tertiary/aromatic N) is 1. The average molecular weight is 265 g/mol. The van der Waals surface area contributed by atoms with Crippen LogP contribution in [0.15, 0.2) is 18.2 Å². The monoisotopic (exact) mass is 265 g/mol. The number of likely N-dealkylation sites (tertiary alicyclic amines) is 1. The smallest absolute Gasteiger partial charge is 0.123 e. The van der Waals surface area contributed by atoms with Crippen LogP contribution in [0.2, 0.25) is 0 Å². The molecule has 1 aliphatic heterocycles. The third-order valence-corrected chi connectivity index (χ3v) is 4.28. The molecule has 1 aliphatic rings. The maximum Gasteiger partial charge on any atom is 0.123 e. The summed E-state index contributed by atoms with van der Waals surface area (Å²) in [5.41, 5.74) is 0.857. The summed E-state index contributed by atoms with van der Waals surface area (Å²) < 4.78 is 13.5. The van der Waals surface area contributed by atoms with Crippen molar-refractivity contribution in [1.29, 1.82) is 0 Å². The zero-order valence-electron chi connectivity index (χ0n) is 12.1. The summed E-state index contributed by atoms with van der Waals surface area (Å²) in [5, 5.41) is 10.9. The van der Waals surface area contributed by atoms with E-state index in [1.165, 1.54) is 12.1 Å². The minimum atomic E-state index is -0.879. The fourth-order valence-corrected chi connectivity index (χ4v) is 3.02. The zero-order valence-corrected chi connectivity index (χ0v) is 12.1. The third kappa shape index (κ3) is 3.15. The van der Waals surface area contributed by atoms with Crippen molar-refractivity contribution in [3.63, 3.8) is 0 Å². The summed E-state index contributed by atoms with van der Waals surface area (Å²) in [5.74, 6) is -0.265. The third-order valence-electron chi connectivity index (χ3n) is 4.28. The topological polar surface area (TPSA) is 23.5 Å².